The number of carbonyl (C=O) groups is 1. The Hall–Kier alpha value is -3.87. The SMILES string of the molecule is COc1cccc2cc(C(=O)Nc3cccc(-c4ccn[nH]4)c3)c(=O)oc12. The van der Waals surface area contributed by atoms with Gasteiger partial charge in [0.15, 0.2) is 11.3 Å². The number of fused-ring (bicyclic) bond motifs is 1. The van der Waals surface area contributed by atoms with Crippen LogP contribution in [0.15, 0.2) is 70.0 Å². The summed E-state index contributed by atoms with van der Waals surface area (Å²) >= 11 is 0. The van der Waals surface area contributed by atoms with Gasteiger partial charge in [-0.3, -0.25) is 9.89 Å². The Morgan fingerprint density at radius 3 is 2.78 bits per heavy atom. The molecule has 0 spiro atoms. The number of para-hydroxylation sites is 1. The zero-order valence-corrected chi connectivity index (χ0v) is 14.4. The monoisotopic (exact) mass is 361 g/mol. The van der Waals surface area contributed by atoms with Gasteiger partial charge in [-0.2, -0.15) is 5.10 Å². The number of H-pyrrole nitrogens is 1. The lowest BCUT2D eigenvalue weighted by Gasteiger charge is -2.08. The number of hydrogen-bond donors (Lipinski definition) is 2. The van der Waals surface area contributed by atoms with Gasteiger partial charge in [0.1, 0.15) is 5.56 Å². The molecular formula is C20H15N3O4. The van der Waals surface area contributed by atoms with Gasteiger partial charge in [-0.15, -0.1) is 0 Å². The number of benzene rings is 2. The van der Waals surface area contributed by atoms with Gasteiger partial charge in [-0.25, -0.2) is 4.79 Å². The molecule has 2 heterocycles. The molecule has 0 saturated carbocycles. The molecule has 7 nitrogen and oxygen atoms in total. The average molecular weight is 361 g/mol. The first-order valence-electron chi connectivity index (χ1n) is 8.18. The molecule has 0 fully saturated rings. The van der Waals surface area contributed by atoms with Crippen LogP contribution in [0, 0.1) is 0 Å². The minimum absolute atomic E-state index is 0.0808. The van der Waals surface area contributed by atoms with Gasteiger partial charge in [0, 0.05) is 22.8 Å². The Bertz CT molecular complexity index is 1180. The summed E-state index contributed by atoms with van der Waals surface area (Å²) in [7, 11) is 1.49. The summed E-state index contributed by atoms with van der Waals surface area (Å²) < 4.78 is 10.5. The van der Waals surface area contributed by atoms with Crippen LogP contribution in [0.3, 0.4) is 0 Å². The van der Waals surface area contributed by atoms with Gasteiger partial charge in [-0.1, -0.05) is 24.3 Å². The van der Waals surface area contributed by atoms with Crippen molar-refractivity contribution < 1.29 is 13.9 Å². The van der Waals surface area contributed by atoms with Crippen molar-refractivity contribution in [2.75, 3.05) is 12.4 Å². The van der Waals surface area contributed by atoms with Crippen molar-refractivity contribution in [3.8, 4) is 17.0 Å². The molecule has 1 amide bonds. The van der Waals surface area contributed by atoms with E-state index >= 15 is 0 Å². The van der Waals surface area contributed by atoms with Gasteiger partial charge in [0.2, 0.25) is 0 Å². The summed E-state index contributed by atoms with van der Waals surface area (Å²) in [6, 6.07) is 15.7. The fourth-order valence-electron chi connectivity index (χ4n) is 2.82. The van der Waals surface area contributed by atoms with E-state index in [1.807, 2.05) is 12.1 Å². The fraction of sp³-hybridized carbons (Fsp3) is 0.0500. The highest BCUT2D eigenvalue weighted by molar-refractivity contribution is 6.05. The quantitative estimate of drug-likeness (QED) is 0.543. The van der Waals surface area contributed by atoms with E-state index in [1.54, 1.807) is 42.6 Å². The summed E-state index contributed by atoms with van der Waals surface area (Å²) in [6.45, 7) is 0. The third-order valence-corrected chi connectivity index (χ3v) is 4.12. The van der Waals surface area contributed by atoms with Crippen molar-refractivity contribution in [3.05, 3.63) is 76.8 Å². The summed E-state index contributed by atoms with van der Waals surface area (Å²) in [5.74, 6) is -0.112. The van der Waals surface area contributed by atoms with Gasteiger partial charge in [0.25, 0.3) is 5.91 Å². The molecule has 2 aromatic heterocycles. The zero-order chi connectivity index (χ0) is 18.8. The van der Waals surface area contributed by atoms with Crippen LogP contribution in [0.5, 0.6) is 5.75 Å². The molecule has 2 aromatic carbocycles. The predicted molar refractivity (Wildman–Crippen MR) is 101 cm³/mol. The van der Waals surface area contributed by atoms with E-state index < -0.39 is 11.5 Å². The maximum atomic E-state index is 12.6. The number of nitrogens with one attached hydrogen (secondary N) is 2. The van der Waals surface area contributed by atoms with Crippen LogP contribution >= 0.6 is 0 Å². The molecule has 0 radical (unpaired) electrons. The first-order valence-corrected chi connectivity index (χ1v) is 8.18. The Balaban J connectivity index is 1.67. The minimum atomic E-state index is -0.728. The number of carbonyl (C=O) groups excluding carboxylic acids is 1. The van der Waals surface area contributed by atoms with Crippen LogP contribution in [0.4, 0.5) is 5.69 Å². The molecular weight excluding hydrogens is 346 g/mol. The average Bonchev–Trinajstić information content (AvgIpc) is 3.22. The molecule has 4 rings (SSSR count). The highest BCUT2D eigenvalue weighted by Gasteiger charge is 2.16. The molecule has 4 aromatic rings. The molecule has 0 aliphatic rings. The minimum Gasteiger partial charge on any atom is -0.493 e. The van der Waals surface area contributed by atoms with Crippen molar-refractivity contribution >= 4 is 22.6 Å². The van der Waals surface area contributed by atoms with Gasteiger partial charge in [-0.05, 0) is 30.3 Å². The molecule has 2 N–H and O–H groups in total. The van der Waals surface area contributed by atoms with Crippen LogP contribution in [0.25, 0.3) is 22.2 Å². The van der Waals surface area contributed by atoms with E-state index in [4.69, 9.17) is 9.15 Å². The van der Waals surface area contributed by atoms with E-state index in [1.165, 1.54) is 13.2 Å². The number of aromatic nitrogens is 2. The fourth-order valence-corrected chi connectivity index (χ4v) is 2.82. The third kappa shape index (κ3) is 3.18. The maximum Gasteiger partial charge on any atom is 0.349 e. The molecule has 7 heteroatoms. The number of methoxy groups -OCH3 is 1. The van der Waals surface area contributed by atoms with E-state index in [2.05, 4.69) is 15.5 Å². The Morgan fingerprint density at radius 2 is 2.00 bits per heavy atom. The number of aromatic amines is 1. The number of nitrogens with zero attached hydrogens (tertiary/aromatic N) is 1. The normalized spacial score (nSPS) is 10.7. The largest absolute Gasteiger partial charge is 0.493 e. The third-order valence-electron chi connectivity index (χ3n) is 4.12. The van der Waals surface area contributed by atoms with Crippen molar-refractivity contribution in [2.24, 2.45) is 0 Å². The summed E-state index contributed by atoms with van der Waals surface area (Å²) in [6.07, 6.45) is 1.65. The van der Waals surface area contributed by atoms with Crippen LogP contribution in [-0.4, -0.2) is 23.2 Å². The first kappa shape index (κ1) is 16.6. The second-order valence-electron chi connectivity index (χ2n) is 5.83. The van der Waals surface area contributed by atoms with Crippen LogP contribution < -0.4 is 15.7 Å². The highest BCUT2D eigenvalue weighted by Crippen LogP contribution is 2.25. The lowest BCUT2D eigenvalue weighted by Crippen LogP contribution is -2.20. The summed E-state index contributed by atoms with van der Waals surface area (Å²) in [4.78, 5) is 24.9. The molecule has 0 unspecified atom stereocenters. The second-order valence-corrected chi connectivity index (χ2v) is 5.83. The molecule has 0 aliphatic heterocycles. The number of ether oxygens (including phenoxy) is 1. The van der Waals surface area contributed by atoms with Crippen molar-refractivity contribution in [2.45, 2.75) is 0 Å². The Kier molecular flexibility index (Phi) is 4.18. The van der Waals surface area contributed by atoms with Crippen LogP contribution in [0.2, 0.25) is 0 Å². The van der Waals surface area contributed by atoms with Crippen molar-refractivity contribution in [3.63, 3.8) is 0 Å². The number of rotatable bonds is 4. The molecule has 0 atom stereocenters. The van der Waals surface area contributed by atoms with E-state index in [0.717, 1.165) is 11.3 Å². The smallest absolute Gasteiger partial charge is 0.349 e. The van der Waals surface area contributed by atoms with Crippen molar-refractivity contribution in [1.29, 1.82) is 0 Å². The lowest BCUT2D eigenvalue weighted by molar-refractivity contribution is 0.102. The second kappa shape index (κ2) is 6.80. The predicted octanol–water partition coefficient (Wildman–Crippen LogP) is 3.44. The summed E-state index contributed by atoms with van der Waals surface area (Å²) in [5.41, 5.74) is 1.74. The van der Waals surface area contributed by atoms with Crippen LogP contribution in [0.1, 0.15) is 10.4 Å². The van der Waals surface area contributed by atoms with E-state index in [-0.39, 0.29) is 5.56 Å². The van der Waals surface area contributed by atoms with E-state index in [0.29, 0.717) is 22.4 Å². The maximum absolute atomic E-state index is 12.6. The molecule has 0 saturated heterocycles. The van der Waals surface area contributed by atoms with Crippen molar-refractivity contribution in [1.82, 2.24) is 10.2 Å². The van der Waals surface area contributed by atoms with Gasteiger partial charge >= 0.3 is 5.63 Å². The van der Waals surface area contributed by atoms with Gasteiger partial charge < -0.3 is 14.5 Å². The van der Waals surface area contributed by atoms with Crippen LogP contribution in [-0.2, 0) is 0 Å². The standard InChI is InChI=1S/C20H15N3O4/c1-26-17-7-3-5-13-11-15(20(25)27-18(13)17)19(24)22-14-6-2-4-12(10-14)16-8-9-21-23-16/h2-11H,1H3,(H,21,23)(H,22,24). The number of hydrogen-bond acceptors (Lipinski definition) is 5. The lowest BCUT2D eigenvalue weighted by atomic mass is 10.1. The molecule has 0 bridgehead atoms. The summed E-state index contributed by atoms with van der Waals surface area (Å²) in [5, 5.41) is 10.1. The topological polar surface area (TPSA) is 97.2 Å². The molecule has 134 valence electrons. The first-order chi connectivity index (χ1) is 13.2. The molecule has 27 heavy (non-hydrogen) atoms. The highest BCUT2D eigenvalue weighted by atomic mass is 16.5. The van der Waals surface area contributed by atoms with Gasteiger partial charge in [0.05, 0.1) is 12.8 Å². The Labute approximate surface area is 153 Å². The molecule has 0 aliphatic carbocycles. The number of amides is 1. The number of anilines is 1. The van der Waals surface area contributed by atoms with E-state index in [9.17, 15) is 9.59 Å². The Morgan fingerprint density at radius 1 is 1.15 bits per heavy atom. The zero-order valence-electron chi connectivity index (χ0n) is 14.4.